The number of carbonyl (C=O) groups excluding carboxylic acids is 1. The van der Waals surface area contributed by atoms with E-state index in [4.69, 9.17) is 14.2 Å². The molecule has 0 radical (unpaired) electrons. The Morgan fingerprint density at radius 3 is 2.84 bits per heavy atom. The SMILES string of the molecule is COc1cccc(COC(=O)COC2(C)CNC2)c1. The zero-order valence-electron chi connectivity index (χ0n) is 11.3. The van der Waals surface area contributed by atoms with E-state index in [2.05, 4.69) is 5.32 Å². The molecule has 0 amide bonds. The van der Waals surface area contributed by atoms with Gasteiger partial charge in [0.15, 0.2) is 0 Å². The molecule has 1 N–H and O–H groups in total. The Morgan fingerprint density at radius 2 is 2.21 bits per heavy atom. The number of ether oxygens (including phenoxy) is 3. The quantitative estimate of drug-likeness (QED) is 0.781. The van der Waals surface area contributed by atoms with Gasteiger partial charge in [0, 0.05) is 13.1 Å². The third-order valence-electron chi connectivity index (χ3n) is 3.07. The van der Waals surface area contributed by atoms with Crippen LogP contribution >= 0.6 is 0 Å². The van der Waals surface area contributed by atoms with E-state index >= 15 is 0 Å². The van der Waals surface area contributed by atoms with Crippen LogP contribution in [0.3, 0.4) is 0 Å². The number of benzene rings is 1. The average molecular weight is 265 g/mol. The van der Waals surface area contributed by atoms with E-state index in [1.165, 1.54) is 0 Å². The van der Waals surface area contributed by atoms with Crippen molar-refractivity contribution in [3.05, 3.63) is 29.8 Å². The summed E-state index contributed by atoms with van der Waals surface area (Å²) < 4.78 is 15.8. The Bertz CT molecular complexity index is 443. The van der Waals surface area contributed by atoms with Crippen LogP contribution in [0.5, 0.6) is 5.75 Å². The number of methoxy groups -OCH3 is 1. The van der Waals surface area contributed by atoms with Gasteiger partial charge in [-0.25, -0.2) is 4.79 Å². The number of carbonyl (C=O) groups is 1. The van der Waals surface area contributed by atoms with E-state index in [1.807, 2.05) is 31.2 Å². The highest BCUT2D eigenvalue weighted by Crippen LogP contribution is 2.16. The molecular formula is C14H19NO4. The van der Waals surface area contributed by atoms with Crippen molar-refractivity contribution in [1.29, 1.82) is 0 Å². The van der Waals surface area contributed by atoms with Crippen molar-refractivity contribution in [1.82, 2.24) is 5.32 Å². The van der Waals surface area contributed by atoms with Gasteiger partial charge in [0.1, 0.15) is 19.0 Å². The highest BCUT2D eigenvalue weighted by Gasteiger charge is 2.33. The van der Waals surface area contributed by atoms with Crippen molar-refractivity contribution < 1.29 is 19.0 Å². The van der Waals surface area contributed by atoms with Gasteiger partial charge in [-0.3, -0.25) is 0 Å². The van der Waals surface area contributed by atoms with E-state index in [9.17, 15) is 4.79 Å². The highest BCUT2D eigenvalue weighted by molar-refractivity contribution is 5.70. The lowest BCUT2D eigenvalue weighted by Crippen LogP contribution is -2.59. The van der Waals surface area contributed by atoms with Crippen molar-refractivity contribution >= 4 is 5.97 Å². The molecule has 0 saturated carbocycles. The second-order valence-corrected chi connectivity index (χ2v) is 4.85. The Morgan fingerprint density at radius 1 is 1.42 bits per heavy atom. The van der Waals surface area contributed by atoms with Gasteiger partial charge in [0.25, 0.3) is 0 Å². The molecule has 1 aliphatic rings. The van der Waals surface area contributed by atoms with E-state index in [-0.39, 0.29) is 24.8 Å². The topological polar surface area (TPSA) is 56.8 Å². The first-order valence-electron chi connectivity index (χ1n) is 6.24. The molecule has 1 aliphatic heterocycles. The summed E-state index contributed by atoms with van der Waals surface area (Å²) >= 11 is 0. The average Bonchev–Trinajstić information content (AvgIpc) is 2.41. The predicted molar refractivity (Wildman–Crippen MR) is 70.0 cm³/mol. The first kappa shape index (κ1) is 13.8. The first-order chi connectivity index (χ1) is 9.11. The van der Waals surface area contributed by atoms with Crippen LogP contribution in [0.25, 0.3) is 0 Å². The van der Waals surface area contributed by atoms with E-state index in [0.29, 0.717) is 0 Å². The van der Waals surface area contributed by atoms with Crippen LogP contribution in [0.2, 0.25) is 0 Å². The summed E-state index contributed by atoms with van der Waals surface area (Å²) in [6, 6.07) is 7.43. The van der Waals surface area contributed by atoms with Crippen molar-refractivity contribution in [3.8, 4) is 5.75 Å². The Balaban J connectivity index is 1.73. The number of nitrogens with one attached hydrogen (secondary N) is 1. The summed E-state index contributed by atoms with van der Waals surface area (Å²) in [5.74, 6) is 0.397. The van der Waals surface area contributed by atoms with Crippen LogP contribution in [0.4, 0.5) is 0 Å². The summed E-state index contributed by atoms with van der Waals surface area (Å²) in [6.45, 7) is 3.74. The highest BCUT2D eigenvalue weighted by atomic mass is 16.6. The van der Waals surface area contributed by atoms with Crippen LogP contribution in [0.15, 0.2) is 24.3 Å². The second kappa shape index (κ2) is 6.04. The molecule has 19 heavy (non-hydrogen) atoms. The molecule has 1 saturated heterocycles. The molecule has 2 rings (SSSR count). The maximum Gasteiger partial charge on any atom is 0.332 e. The molecule has 1 fully saturated rings. The normalized spacial score (nSPS) is 16.5. The van der Waals surface area contributed by atoms with E-state index in [1.54, 1.807) is 7.11 Å². The standard InChI is InChI=1S/C14H19NO4/c1-14(9-15-10-14)19-8-13(16)18-7-11-4-3-5-12(6-11)17-2/h3-6,15H,7-10H2,1-2H3. The molecule has 0 unspecified atom stereocenters. The Labute approximate surface area is 112 Å². The zero-order chi connectivity index (χ0) is 13.7. The van der Waals surface area contributed by atoms with Gasteiger partial charge in [-0.05, 0) is 24.6 Å². The van der Waals surface area contributed by atoms with Crippen LogP contribution in [-0.4, -0.2) is 38.4 Å². The van der Waals surface area contributed by atoms with Gasteiger partial charge in [-0.2, -0.15) is 0 Å². The zero-order valence-corrected chi connectivity index (χ0v) is 11.3. The molecular weight excluding hydrogens is 246 g/mol. The monoisotopic (exact) mass is 265 g/mol. The molecule has 1 heterocycles. The largest absolute Gasteiger partial charge is 0.497 e. The lowest BCUT2D eigenvalue weighted by Gasteiger charge is -2.38. The summed E-state index contributed by atoms with van der Waals surface area (Å²) in [4.78, 5) is 11.6. The third-order valence-corrected chi connectivity index (χ3v) is 3.07. The number of hydrogen-bond acceptors (Lipinski definition) is 5. The number of hydrogen-bond donors (Lipinski definition) is 1. The molecule has 0 bridgehead atoms. The smallest absolute Gasteiger partial charge is 0.332 e. The summed E-state index contributed by atoms with van der Waals surface area (Å²) in [5, 5.41) is 3.10. The fourth-order valence-electron chi connectivity index (χ4n) is 1.78. The fraction of sp³-hybridized carbons (Fsp3) is 0.500. The third kappa shape index (κ3) is 3.94. The first-order valence-corrected chi connectivity index (χ1v) is 6.24. The van der Waals surface area contributed by atoms with Gasteiger partial charge >= 0.3 is 5.97 Å². The molecule has 0 aliphatic carbocycles. The van der Waals surface area contributed by atoms with Crippen LogP contribution in [-0.2, 0) is 20.9 Å². The maximum atomic E-state index is 11.6. The van der Waals surface area contributed by atoms with Crippen molar-refractivity contribution in [2.45, 2.75) is 19.1 Å². The van der Waals surface area contributed by atoms with Crippen LogP contribution in [0, 0.1) is 0 Å². The van der Waals surface area contributed by atoms with Gasteiger partial charge in [0.05, 0.1) is 12.7 Å². The Kier molecular flexibility index (Phi) is 4.39. The minimum Gasteiger partial charge on any atom is -0.497 e. The summed E-state index contributed by atoms with van der Waals surface area (Å²) in [6.07, 6.45) is 0. The summed E-state index contributed by atoms with van der Waals surface area (Å²) in [5.41, 5.74) is 0.666. The number of rotatable bonds is 6. The molecule has 0 spiro atoms. The molecule has 0 atom stereocenters. The molecule has 5 heteroatoms. The lowest BCUT2D eigenvalue weighted by molar-refractivity contribution is -0.159. The van der Waals surface area contributed by atoms with Crippen molar-refractivity contribution in [2.75, 3.05) is 26.8 Å². The predicted octanol–water partition coefficient (Wildman–Crippen LogP) is 1.12. The minimum atomic E-state index is -0.351. The number of esters is 1. The molecule has 1 aromatic rings. The maximum absolute atomic E-state index is 11.6. The van der Waals surface area contributed by atoms with E-state index in [0.717, 1.165) is 24.4 Å². The minimum absolute atomic E-state index is 0.0118. The lowest BCUT2D eigenvalue weighted by atomic mass is 10.0. The van der Waals surface area contributed by atoms with Crippen LogP contribution < -0.4 is 10.1 Å². The molecule has 104 valence electrons. The molecule has 1 aromatic carbocycles. The van der Waals surface area contributed by atoms with Crippen molar-refractivity contribution in [3.63, 3.8) is 0 Å². The molecule has 5 nitrogen and oxygen atoms in total. The van der Waals surface area contributed by atoms with Crippen LogP contribution in [0.1, 0.15) is 12.5 Å². The summed E-state index contributed by atoms with van der Waals surface area (Å²) in [7, 11) is 1.60. The second-order valence-electron chi connectivity index (χ2n) is 4.85. The molecule has 0 aromatic heterocycles. The van der Waals surface area contributed by atoms with E-state index < -0.39 is 0 Å². The van der Waals surface area contributed by atoms with Gasteiger partial charge in [-0.1, -0.05) is 12.1 Å². The Hall–Kier alpha value is -1.59. The van der Waals surface area contributed by atoms with Crippen molar-refractivity contribution in [2.24, 2.45) is 0 Å². The van der Waals surface area contributed by atoms with Gasteiger partial charge in [-0.15, -0.1) is 0 Å². The van der Waals surface area contributed by atoms with Gasteiger partial charge in [0.2, 0.25) is 0 Å². The fourth-order valence-corrected chi connectivity index (χ4v) is 1.78. The van der Waals surface area contributed by atoms with Gasteiger partial charge < -0.3 is 19.5 Å².